The van der Waals surface area contributed by atoms with Crippen LogP contribution in [0.5, 0.6) is 0 Å². The molecule has 5 heterocycles. The molecule has 3 fully saturated rings. The first-order valence-electron chi connectivity index (χ1n) is 26.1. The number of carbonyl (C=O) groups excluding carboxylic acids is 1. The molecule has 3 saturated heterocycles. The Morgan fingerprint density at radius 2 is 1.69 bits per heavy atom. The molecule has 418 valence electrons. The van der Waals surface area contributed by atoms with Gasteiger partial charge in [-0.05, 0) is 93.3 Å². The number of aromatic nitrogens is 4. The lowest BCUT2D eigenvalue weighted by Crippen LogP contribution is -2.59. The third kappa shape index (κ3) is 13.9. The van der Waals surface area contributed by atoms with Crippen molar-refractivity contribution in [2.75, 3.05) is 48.1 Å². The monoisotopic (exact) mass is 1060 g/mol. The van der Waals surface area contributed by atoms with E-state index in [1.807, 2.05) is 67.4 Å². The zero-order chi connectivity index (χ0) is 54.4. The summed E-state index contributed by atoms with van der Waals surface area (Å²) in [6.45, 7) is 15.7. The Hall–Kier alpha value is -3.13. The molecule has 0 saturated carbocycles. The lowest BCUT2D eigenvalue weighted by atomic mass is 9.83. The molecule has 74 heavy (non-hydrogen) atoms. The summed E-state index contributed by atoms with van der Waals surface area (Å²) in [6, 6.07) is 5.85. The number of aliphatic hydroxyl groups excluding tert-OH is 3. The molecule has 3 aromatic rings. The van der Waals surface area contributed by atoms with Gasteiger partial charge in [-0.25, -0.2) is 14.1 Å². The van der Waals surface area contributed by atoms with E-state index in [0.29, 0.717) is 31.6 Å². The number of alkyl halides is 1. The summed E-state index contributed by atoms with van der Waals surface area (Å²) in [5.74, 6) is -1.99. The lowest BCUT2D eigenvalue weighted by Gasteiger charge is -2.47. The number of esters is 1. The molecule has 0 spiro atoms. The van der Waals surface area contributed by atoms with Crippen LogP contribution in [0.25, 0.3) is 10.6 Å². The molecule has 6 rings (SSSR count). The zero-order valence-corrected chi connectivity index (χ0v) is 46.4. The van der Waals surface area contributed by atoms with Gasteiger partial charge in [-0.3, -0.25) is 4.79 Å². The van der Waals surface area contributed by atoms with Gasteiger partial charge in [0.25, 0.3) is 0 Å². The standard InChI is InChI=1S/C53H85FN6O13S/c1-14-41-53(9,66)46(62)33(5)59(11)28-30(2)25-51(7,65)42(24-40(32(4)49(64)72-41)71-43-26-52(8,68-13)47(63)34(6)70-43)73-50-44(61)38(23-31(3)69-50)58(10)21-19-37-29-60(57-56-37)39(27-54)45(67-12)35-15-17-36(18-16-35)48-55-20-22-74-48/h15-18,20,22,29-34,38-47,50,61-63,65-66H,14,19,21,23-28H2,1-13H3/t30-,31-,32-,33-,34+,38+,39-,40+,41-,42-,43+,44-,45-,46-,47+,50+,51-,52-,53-/m1/s1. The molecule has 0 unspecified atom stereocenters. The van der Waals surface area contributed by atoms with Crippen LogP contribution < -0.4 is 0 Å². The minimum Gasteiger partial charge on any atom is -0.459 e. The Morgan fingerprint density at radius 3 is 2.31 bits per heavy atom. The minimum atomic E-state index is -1.84. The summed E-state index contributed by atoms with van der Waals surface area (Å²) in [5.41, 5.74) is -2.19. The lowest BCUT2D eigenvalue weighted by molar-refractivity contribution is -0.308. The maximum Gasteiger partial charge on any atom is 0.311 e. The molecule has 0 bridgehead atoms. The molecule has 0 radical (unpaired) electrons. The molecular formula is C53H85FN6O13S. The third-order valence-electron chi connectivity index (χ3n) is 16.0. The maximum atomic E-state index is 14.9. The van der Waals surface area contributed by atoms with Gasteiger partial charge in [-0.1, -0.05) is 43.3 Å². The first kappa shape index (κ1) is 60.1. The predicted molar refractivity (Wildman–Crippen MR) is 275 cm³/mol. The molecule has 19 nitrogen and oxygen atoms in total. The second-order valence-corrected chi connectivity index (χ2v) is 22.9. The summed E-state index contributed by atoms with van der Waals surface area (Å²) in [5, 5.41) is 71.0. The van der Waals surface area contributed by atoms with E-state index in [4.69, 9.17) is 33.2 Å². The highest BCUT2D eigenvalue weighted by Gasteiger charge is 2.51. The van der Waals surface area contributed by atoms with Crippen LogP contribution in [0.3, 0.4) is 0 Å². The van der Waals surface area contributed by atoms with Crippen molar-refractivity contribution < 1.29 is 67.9 Å². The van der Waals surface area contributed by atoms with E-state index in [2.05, 4.69) is 15.3 Å². The highest BCUT2D eigenvalue weighted by molar-refractivity contribution is 7.13. The van der Waals surface area contributed by atoms with Gasteiger partial charge in [0.2, 0.25) is 0 Å². The van der Waals surface area contributed by atoms with Crippen molar-refractivity contribution >= 4 is 17.3 Å². The van der Waals surface area contributed by atoms with Crippen LogP contribution in [0.1, 0.15) is 118 Å². The van der Waals surface area contributed by atoms with Gasteiger partial charge in [-0.15, -0.1) is 16.4 Å². The van der Waals surface area contributed by atoms with Crippen LogP contribution in [0, 0.1) is 11.8 Å². The minimum absolute atomic E-state index is 0.0918. The van der Waals surface area contributed by atoms with Gasteiger partial charge in [0, 0.05) is 82.0 Å². The second kappa shape index (κ2) is 25.6. The molecule has 1 aromatic carbocycles. The molecular weight excluding hydrogens is 980 g/mol. The highest BCUT2D eigenvalue weighted by atomic mass is 32.1. The fourth-order valence-electron chi connectivity index (χ4n) is 11.1. The van der Waals surface area contributed by atoms with Gasteiger partial charge < -0.3 is 68.5 Å². The van der Waals surface area contributed by atoms with Crippen LogP contribution >= 0.6 is 11.3 Å². The summed E-state index contributed by atoms with van der Waals surface area (Å²) in [4.78, 5) is 22.7. The smallest absolute Gasteiger partial charge is 0.311 e. The summed E-state index contributed by atoms with van der Waals surface area (Å²) in [7, 11) is 6.75. The van der Waals surface area contributed by atoms with Crippen molar-refractivity contribution in [1.82, 2.24) is 29.8 Å². The van der Waals surface area contributed by atoms with Crippen LogP contribution in [0.15, 0.2) is 42.0 Å². The number of cyclic esters (lactones) is 1. The third-order valence-corrected chi connectivity index (χ3v) is 16.9. The molecule has 5 N–H and O–H groups in total. The number of benzene rings is 1. The van der Waals surface area contributed by atoms with Crippen LogP contribution in [-0.4, -0.2) is 200 Å². The first-order valence-corrected chi connectivity index (χ1v) is 27.0. The number of carbonyl (C=O) groups is 1. The fraction of sp³-hybridized carbons (Fsp3) is 0.774. The average molecular weight is 1070 g/mol. The largest absolute Gasteiger partial charge is 0.459 e. The van der Waals surface area contributed by atoms with E-state index in [1.54, 1.807) is 61.0 Å². The van der Waals surface area contributed by atoms with Crippen LogP contribution in [-0.2, 0) is 44.4 Å². The SMILES string of the molecule is CC[C@H]1OC(=O)[C@H](C)[C@@H](O[C@H]2C[C@@](C)(OC)[C@@H](O)[C@H](C)O2)C[C@@H](O[C@@H]2O[C@H](C)C[C@H](N(C)CCc3cn([C@H](CF)[C@H](OC)c4ccc(-c5nccs5)cc4)nn3)[C@H]2O)[C@](C)(O)C[C@@H](C)CN(C)[C@H](C)[C@@H](O)[C@]1(C)O. The van der Waals surface area contributed by atoms with E-state index >= 15 is 0 Å². The van der Waals surface area contributed by atoms with Gasteiger partial charge in [0.05, 0.1) is 47.2 Å². The summed E-state index contributed by atoms with van der Waals surface area (Å²) in [6.07, 6.45) is -6.14. The van der Waals surface area contributed by atoms with E-state index in [9.17, 15) is 34.7 Å². The summed E-state index contributed by atoms with van der Waals surface area (Å²) >= 11 is 1.54. The molecule has 2 aromatic heterocycles. The molecule has 3 aliphatic rings. The van der Waals surface area contributed by atoms with Crippen molar-refractivity contribution in [3.63, 3.8) is 0 Å². The van der Waals surface area contributed by atoms with E-state index in [-0.39, 0.29) is 31.6 Å². The number of aliphatic hydroxyl groups is 5. The number of hydrogen-bond acceptors (Lipinski definition) is 19. The van der Waals surface area contributed by atoms with Gasteiger partial charge >= 0.3 is 5.97 Å². The molecule has 0 aliphatic carbocycles. The van der Waals surface area contributed by atoms with E-state index in [0.717, 1.165) is 16.1 Å². The van der Waals surface area contributed by atoms with Gasteiger partial charge in [0.15, 0.2) is 12.6 Å². The molecule has 0 amide bonds. The normalized spacial score (nSPS) is 38.2. The van der Waals surface area contributed by atoms with Crippen molar-refractivity contribution in [2.45, 2.75) is 203 Å². The molecule has 19 atom stereocenters. The fourth-order valence-corrected chi connectivity index (χ4v) is 11.7. The second-order valence-electron chi connectivity index (χ2n) is 22.0. The molecule has 3 aliphatic heterocycles. The number of hydrogen-bond donors (Lipinski definition) is 5. The first-order chi connectivity index (χ1) is 34.9. The van der Waals surface area contributed by atoms with Gasteiger partial charge in [-0.2, -0.15) is 0 Å². The van der Waals surface area contributed by atoms with Crippen molar-refractivity contribution in [1.29, 1.82) is 0 Å². The van der Waals surface area contributed by atoms with E-state index < -0.39 is 121 Å². The average Bonchev–Trinajstić information content (AvgIpc) is 4.08. The Balaban J connectivity index is 1.23. The van der Waals surface area contributed by atoms with Crippen molar-refractivity contribution in [3.8, 4) is 10.6 Å². The highest BCUT2D eigenvalue weighted by Crippen LogP contribution is 2.39. The molecule has 21 heteroatoms. The maximum absolute atomic E-state index is 14.9. The quantitative estimate of drug-likeness (QED) is 0.120. The summed E-state index contributed by atoms with van der Waals surface area (Å²) < 4.78 is 60.1. The number of nitrogens with zero attached hydrogens (tertiary/aromatic N) is 6. The number of likely N-dealkylation sites (N-methyl/N-ethyl adjacent to an activating group) is 2. The van der Waals surface area contributed by atoms with Crippen molar-refractivity contribution in [3.05, 3.63) is 53.3 Å². The van der Waals surface area contributed by atoms with Crippen molar-refractivity contribution in [2.24, 2.45) is 11.8 Å². The topological polar surface area (TPSA) is 233 Å². The number of ether oxygens (including phenoxy) is 7. The zero-order valence-electron chi connectivity index (χ0n) is 45.6. The Morgan fingerprint density at radius 1 is 0.986 bits per heavy atom. The Labute approximate surface area is 440 Å². The van der Waals surface area contributed by atoms with Gasteiger partial charge in [0.1, 0.15) is 53.8 Å². The number of methoxy groups -OCH3 is 2. The predicted octanol–water partition coefficient (Wildman–Crippen LogP) is 4.88. The number of rotatable bonds is 16. The number of halogens is 1. The Bertz CT molecular complexity index is 2190. The van der Waals surface area contributed by atoms with E-state index in [1.165, 1.54) is 30.1 Å². The van der Waals surface area contributed by atoms with Crippen LogP contribution in [0.2, 0.25) is 0 Å². The number of thiazole rings is 1. The Kier molecular flexibility index (Phi) is 20.8. The van der Waals surface area contributed by atoms with Crippen LogP contribution in [0.4, 0.5) is 4.39 Å².